The first-order valence-electron chi connectivity index (χ1n) is 9.26. The van der Waals surface area contributed by atoms with E-state index in [1.165, 1.54) is 18.4 Å². The van der Waals surface area contributed by atoms with Gasteiger partial charge in [0.2, 0.25) is 5.91 Å². The van der Waals surface area contributed by atoms with Gasteiger partial charge in [0, 0.05) is 5.92 Å². The van der Waals surface area contributed by atoms with Crippen LogP contribution >= 0.6 is 0 Å². The van der Waals surface area contributed by atoms with Gasteiger partial charge in [-0.3, -0.25) is 4.79 Å². The number of amides is 1. The van der Waals surface area contributed by atoms with Gasteiger partial charge in [0.25, 0.3) is 0 Å². The van der Waals surface area contributed by atoms with Crippen molar-refractivity contribution in [1.82, 2.24) is 5.43 Å². The molecule has 0 aliphatic heterocycles. The second kappa shape index (κ2) is 8.61. The molecule has 3 rings (SSSR count). The molecule has 1 aliphatic carbocycles. The Kier molecular flexibility index (Phi) is 5.99. The summed E-state index contributed by atoms with van der Waals surface area (Å²) >= 11 is 0. The molecule has 1 amide bonds. The largest absolute Gasteiger partial charge is 0.273 e. The summed E-state index contributed by atoms with van der Waals surface area (Å²) in [6.07, 6.45) is 5.26. The van der Waals surface area contributed by atoms with Crippen LogP contribution in [0.15, 0.2) is 65.8 Å². The SMILES string of the molecule is CCCCCC(=NNC(=O)[C@H]1C[C@H]1c1ccccc1)c1ccccc1. The summed E-state index contributed by atoms with van der Waals surface area (Å²) in [6.45, 7) is 2.19. The van der Waals surface area contributed by atoms with Crippen molar-refractivity contribution in [2.24, 2.45) is 11.0 Å². The fourth-order valence-corrected chi connectivity index (χ4v) is 3.20. The zero-order valence-electron chi connectivity index (χ0n) is 14.8. The van der Waals surface area contributed by atoms with Gasteiger partial charge < -0.3 is 0 Å². The Labute approximate surface area is 150 Å². The third-order valence-electron chi connectivity index (χ3n) is 4.78. The lowest BCUT2D eigenvalue weighted by atomic mass is 10.0. The molecule has 0 bridgehead atoms. The van der Waals surface area contributed by atoms with Gasteiger partial charge in [-0.25, -0.2) is 5.43 Å². The molecule has 0 saturated heterocycles. The number of hydrazone groups is 1. The number of unbranched alkanes of at least 4 members (excludes halogenated alkanes) is 2. The molecule has 3 nitrogen and oxygen atoms in total. The Hall–Kier alpha value is -2.42. The van der Waals surface area contributed by atoms with Gasteiger partial charge in [0.1, 0.15) is 0 Å². The van der Waals surface area contributed by atoms with Crippen LogP contribution in [0.4, 0.5) is 0 Å². The average molecular weight is 334 g/mol. The van der Waals surface area contributed by atoms with Crippen LogP contribution in [0.5, 0.6) is 0 Å². The van der Waals surface area contributed by atoms with Gasteiger partial charge >= 0.3 is 0 Å². The van der Waals surface area contributed by atoms with Crippen molar-refractivity contribution in [2.45, 2.75) is 44.9 Å². The standard InChI is InChI=1S/C22H26N2O/c1-2-3-6-15-21(18-13-9-5-10-14-18)23-24-22(25)20-16-19(20)17-11-7-4-8-12-17/h4-5,7-14,19-20H,2-3,6,15-16H2,1H3,(H,24,25)/t19-,20-/m0/s1. The number of hydrogen-bond donors (Lipinski definition) is 1. The fourth-order valence-electron chi connectivity index (χ4n) is 3.20. The van der Waals surface area contributed by atoms with Crippen molar-refractivity contribution in [2.75, 3.05) is 0 Å². The third kappa shape index (κ3) is 4.79. The van der Waals surface area contributed by atoms with Crippen LogP contribution in [-0.4, -0.2) is 11.6 Å². The summed E-state index contributed by atoms with van der Waals surface area (Å²) in [6, 6.07) is 20.4. The van der Waals surface area contributed by atoms with Crippen molar-refractivity contribution in [3.05, 3.63) is 71.8 Å². The summed E-state index contributed by atoms with van der Waals surface area (Å²) in [5.41, 5.74) is 6.13. The molecular formula is C22H26N2O. The molecule has 1 fully saturated rings. The highest BCUT2D eigenvalue weighted by Gasteiger charge is 2.43. The number of rotatable bonds is 8. The van der Waals surface area contributed by atoms with E-state index in [-0.39, 0.29) is 11.8 Å². The highest BCUT2D eigenvalue weighted by atomic mass is 16.2. The minimum absolute atomic E-state index is 0.0396. The number of nitrogens with one attached hydrogen (secondary N) is 1. The van der Waals surface area contributed by atoms with Gasteiger partial charge in [-0.05, 0) is 36.3 Å². The van der Waals surface area contributed by atoms with Crippen molar-refractivity contribution >= 4 is 11.6 Å². The highest BCUT2D eigenvalue weighted by molar-refractivity contribution is 6.01. The molecule has 0 unspecified atom stereocenters. The van der Waals surface area contributed by atoms with Crippen LogP contribution in [0, 0.1) is 5.92 Å². The summed E-state index contributed by atoms with van der Waals surface area (Å²) < 4.78 is 0. The topological polar surface area (TPSA) is 41.5 Å². The smallest absolute Gasteiger partial charge is 0.243 e. The quantitative estimate of drug-likeness (QED) is 0.417. The molecule has 130 valence electrons. The van der Waals surface area contributed by atoms with E-state index in [0.717, 1.165) is 30.5 Å². The molecule has 1 saturated carbocycles. The molecule has 3 heteroatoms. The predicted molar refractivity (Wildman–Crippen MR) is 103 cm³/mol. The van der Waals surface area contributed by atoms with Crippen LogP contribution in [0.1, 0.15) is 56.1 Å². The van der Waals surface area contributed by atoms with E-state index in [2.05, 4.69) is 41.7 Å². The van der Waals surface area contributed by atoms with Crippen LogP contribution in [-0.2, 0) is 4.79 Å². The number of hydrogen-bond acceptors (Lipinski definition) is 2. The van der Waals surface area contributed by atoms with E-state index in [1.54, 1.807) is 0 Å². The van der Waals surface area contributed by atoms with E-state index in [1.807, 2.05) is 36.4 Å². The Morgan fingerprint density at radius 3 is 2.40 bits per heavy atom. The van der Waals surface area contributed by atoms with E-state index in [9.17, 15) is 4.79 Å². The van der Waals surface area contributed by atoms with Crippen LogP contribution in [0.3, 0.4) is 0 Å². The summed E-state index contributed by atoms with van der Waals surface area (Å²) in [7, 11) is 0. The van der Waals surface area contributed by atoms with Gasteiger partial charge in [-0.15, -0.1) is 0 Å². The number of carbonyl (C=O) groups is 1. The Bertz CT molecular complexity index is 709. The molecule has 0 spiro atoms. The summed E-state index contributed by atoms with van der Waals surface area (Å²) in [5, 5.41) is 4.47. The van der Waals surface area contributed by atoms with E-state index in [0.29, 0.717) is 5.92 Å². The van der Waals surface area contributed by atoms with Gasteiger partial charge in [0.05, 0.1) is 5.71 Å². The molecule has 0 aromatic heterocycles. The lowest BCUT2D eigenvalue weighted by molar-refractivity contribution is -0.122. The van der Waals surface area contributed by atoms with Crippen LogP contribution < -0.4 is 5.43 Å². The lowest BCUT2D eigenvalue weighted by Gasteiger charge is -2.07. The van der Waals surface area contributed by atoms with Gasteiger partial charge in [0.15, 0.2) is 0 Å². The first-order valence-corrected chi connectivity index (χ1v) is 9.26. The predicted octanol–water partition coefficient (Wildman–Crippen LogP) is 4.89. The van der Waals surface area contributed by atoms with Gasteiger partial charge in [-0.1, -0.05) is 80.4 Å². The average Bonchev–Trinajstić information content (AvgIpc) is 3.47. The lowest BCUT2D eigenvalue weighted by Crippen LogP contribution is -2.22. The second-order valence-electron chi connectivity index (χ2n) is 6.72. The molecule has 2 aromatic rings. The van der Waals surface area contributed by atoms with E-state index < -0.39 is 0 Å². The molecule has 2 atom stereocenters. The molecule has 0 radical (unpaired) electrons. The summed E-state index contributed by atoms with van der Waals surface area (Å²) in [5.74, 6) is 0.438. The van der Waals surface area contributed by atoms with Crippen LogP contribution in [0.25, 0.3) is 0 Å². The van der Waals surface area contributed by atoms with Gasteiger partial charge in [-0.2, -0.15) is 5.10 Å². The second-order valence-corrected chi connectivity index (χ2v) is 6.72. The zero-order valence-corrected chi connectivity index (χ0v) is 14.8. The number of carbonyl (C=O) groups excluding carboxylic acids is 1. The highest BCUT2D eigenvalue weighted by Crippen LogP contribution is 2.47. The molecule has 1 aliphatic rings. The zero-order chi connectivity index (χ0) is 17.5. The monoisotopic (exact) mass is 334 g/mol. The summed E-state index contributed by atoms with van der Waals surface area (Å²) in [4.78, 5) is 12.4. The normalized spacial score (nSPS) is 19.5. The molecular weight excluding hydrogens is 308 g/mol. The Balaban J connectivity index is 1.62. The van der Waals surface area contributed by atoms with Crippen molar-refractivity contribution in [1.29, 1.82) is 0 Å². The van der Waals surface area contributed by atoms with Crippen LogP contribution in [0.2, 0.25) is 0 Å². The Morgan fingerprint density at radius 2 is 1.72 bits per heavy atom. The fraction of sp³-hybridized carbons (Fsp3) is 0.364. The minimum Gasteiger partial charge on any atom is -0.273 e. The van der Waals surface area contributed by atoms with E-state index >= 15 is 0 Å². The molecule has 0 heterocycles. The molecule has 2 aromatic carbocycles. The first kappa shape index (κ1) is 17.4. The molecule has 25 heavy (non-hydrogen) atoms. The Morgan fingerprint density at radius 1 is 1.04 bits per heavy atom. The minimum atomic E-state index is 0.0396. The number of benzene rings is 2. The third-order valence-corrected chi connectivity index (χ3v) is 4.78. The number of nitrogens with zero attached hydrogens (tertiary/aromatic N) is 1. The maximum absolute atomic E-state index is 12.4. The first-order chi connectivity index (χ1) is 12.3. The van der Waals surface area contributed by atoms with E-state index in [4.69, 9.17) is 0 Å². The molecule has 1 N–H and O–H groups in total. The van der Waals surface area contributed by atoms with Crippen molar-refractivity contribution < 1.29 is 4.79 Å². The maximum Gasteiger partial charge on any atom is 0.243 e. The van der Waals surface area contributed by atoms with Crippen molar-refractivity contribution in [3.63, 3.8) is 0 Å². The van der Waals surface area contributed by atoms with Crippen molar-refractivity contribution in [3.8, 4) is 0 Å². The maximum atomic E-state index is 12.4.